The van der Waals surface area contributed by atoms with E-state index in [0.29, 0.717) is 5.41 Å². The summed E-state index contributed by atoms with van der Waals surface area (Å²) in [7, 11) is 0. The Balaban J connectivity index is 1.62. The van der Waals surface area contributed by atoms with Gasteiger partial charge in [-0.15, -0.1) is 0 Å². The Bertz CT molecular complexity index is 518. The second kappa shape index (κ2) is 5.48. The minimum atomic E-state index is 0.136. The van der Waals surface area contributed by atoms with Crippen molar-refractivity contribution in [3.8, 4) is 0 Å². The van der Waals surface area contributed by atoms with Gasteiger partial charge >= 0.3 is 5.97 Å². The van der Waals surface area contributed by atoms with Crippen LogP contribution in [0.25, 0.3) is 0 Å². The fraction of sp³-hybridized carbons (Fsp3) is 0.955. The summed E-state index contributed by atoms with van der Waals surface area (Å²) in [6, 6.07) is 0. The van der Waals surface area contributed by atoms with Crippen LogP contribution in [0.3, 0.4) is 0 Å². The van der Waals surface area contributed by atoms with Gasteiger partial charge in [0.15, 0.2) is 0 Å². The van der Waals surface area contributed by atoms with E-state index in [1.165, 1.54) is 51.4 Å². The predicted molar refractivity (Wildman–Crippen MR) is 96.5 cm³/mol. The molecular formula is C22H36O2. The second-order valence-corrected chi connectivity index (χ2v) is 10.6. The fourth-order valence-corrected chi connectivity index (χ4v) is 7.85. The van der Waals surface area contributed by atoms with Gasteiger partial charge in [-0.3, -0.25) is 4.79 Å². The highest BCUT2D eigenvalue weighted by molar-refractivity contribution is 5.73. The molecule has 0 amide bonds. The summed E-state index contributed by atoms with van der Waals surface area (Å²) in [5.41, 5.74) is 0.809. The molecule has 4 aliphatic carbocycles. The summed E-state index contributed by atoms with van der Waals surface area (Å²) < 4.78 is 6.41. The van der Waals surface area contributed by atoms with E-state index >= 15 is 0 Å². The van der Waals surface area contributed by atoms with Crippen LogP contribution in [-0.4, -0.2) is 12.1 Å². The third-order valence-corrected chi connectivity index (χ3v) is 8.70. The molecule has 2 heteroatoms. The quantitative estimate of drug-likeness (QED) is 0.603. The van der Waals surface area contributed by atoms with Crippen LogP contribution in [-0.2, 0) is 9.53 Å². The van der Waals surface area contributed by atoms with Gasteiger partial charge in [0.1, 0.15) is 6.10 Å². The maximum atomic E-state index is 12.9. The first-order chi connectivity index (χ1) is 11.3. The number of rotatable bonds is 2. The molecule has 4 aliphatic rings. The van der Waals surface area contributed by atoms with Crippen molar-refractivity contribution in [2.75, 3.05) is 0 Å². The van der Waals surface area contributed by atoms with Crippen molar-refractivity contribution in [2.45, 2.75) is 98.0 Å². The van der Waals surface area contributed by atoms with E-state index in [-0.39, 0.29) is 28.8 Å². The summed E-state index contributed by atoms with van der Waals surface area (Å²) in [6.45, 7) is 9.86. The molecule has 0 radical (unpaired) electrons. The average molecular weight is 333 g/mol. The molecule has 0 spiro atoms. The van der Waals surface area contributed by atoms with Crippen molar-refractivity contribution in [1.29, 1.82) is 0 Å². The van der Waals surface area contributed by atoms with Crippen LogP contribution in [0.4, 0.5) is 0 Å². The summed E-state index contributed by atoms with van der Waals surface area (Å²) in [5.74, 6) is 1.79. The number of carbonyl (C=O) groups excluding carboxylic acids is 1. The Morgan fingerprint density at radius 1 is 0.833 bits per heavy atom. The van der Waals surface area contributed by atoms with Crippen molar-refractivity contribution in [3.63, 3.8) is 0 Å². The fourth-order valence-electron chi connectivity index (χ4n) is 7.85. The van der Waals surface area contributed by atoms with Crippen LogP contribution < -0.4 is 0 Å². The molecule has 5 unspecified atom stereocenters. The molecule has 0 heterocycles. The van der Waals surface area contributed by atoms with Crippen LogP contribution >= 0.6 is 0 Å². The molecule has 2 nitrogen and oxygen atoms in total. The lowest BCUT2D eigenvalue weighted by atomic mass is 9.63. The molecule has 0 aromatic rings. The van der Waals surface area contributed by atoms with E-state index in [4.69, 9.17) is 4.74 Å². The van der Waals surface area contributed by atoms with Gasteiger partial charge in [0.05, 0.1) is 5.92 Å². The minimum absolute atomic E-state index is 0.136. The van der Waals surface area contributed by atoms with Crippen molar-refractivity contribution >= 4 is 5.97 Å². The van der Waals surface area contributed by atoms with Gasteiger partial charge in [-0.25, -0.2) is 0 Å². The number of hydrogen-bond donors (Lipinski definition) is 0. The lowest BCUT2D eigenvalue weighted by Gasteiger charge is -2.47. The zero-order valence-corrected chi connectivity index (χ0v) is 16.2. The van der Waals surface area contributed by atoms with E-state index in [0.717, 1.165) is 24.7 Å². The van der Waals surface area contributed by atoms with Gasteiger partial charge in [-0.05, 0) is 55.8 Å². The maximum Gasteiger partial charge on any atom is 0.309 e. The van der Waals surface area contributed by atoms with Gasteiger partial charge in [0.2, 0.25) is 0 Å². The van der Waals surface area contributed by atoms with E-state index in [1.807, 2.05) is 0 Å². The van der Waals surface area contributed by atoms with Crippen LogP contribution in [0.2, 0.25) is 0 Å². The topological polar surface area (TPSA) is 26.3 Å². The van der Waals surface area contributed by atoms with Crippen molar-refractivity contribution in [2.24, 2.45) is 34.0 Å². The van der Waals surface area contributed by atoms with E-state index in [9.17, 15) is 4.79 Å². The first-order valence-electron chi connectivity index (χ1n) is 10.5. The normalized spacial score (nSPS) is 47.4. The van der Waals surface area contributed by atoms with Gasteiger partial charge in [-0.2, -0.15) is 0 Å². The molecular weight excluding hydrogens is 296 g/mol. The smallest absolute Gasteiger partial charge is 0.309 e. The Morgan fingerprint density at radius 3 is 2.25 bits per heavy atom. The van der Waals surface area contributed by atoms with E-state index in [2.05, 4.69) is 27.7 Å². The molecule has 136 valence electrons. The van der Waals surface area contributed by atoms with Crippen LogP contribution in [0.5, 0.6) is 0 Å². The Hall–Kier alpha value is -0.530. The standard InChI is InChI=1S/C22H36O2/c1-20(2)12-8-13-21(3)16-11-14-22(4,17(16)20)19(21)24-18(23)15-9-6-5-7-10-15/h15-17,19H,5-14H2,1-4H3. The third kappa shape index (κ3) is 2.23. The first-order valence-corrected chi connectivity index (χ1v) is 10.5. The number of esters is 1. The molecule has 4 rings (SSSR count). The van der Waals surface area contributed by atoms with Crippen LogP contribution in [0.1, 0.15) is 91.9 Å². The Morgan fingerprint density at radius 2 is 1.54 bits per heavy atom. The maximum absolute atomic E-state index is 12.9. The number of ether oxygens (including phenoxy) is 1. The SMILES string of the molecule is CC1(C)CCCC2(C)C3CCC(C)(C31)C2OC(=O)C1CCCCC1. The third-order valence-electron chi connectivity index (χ3n) is 8.70. The summed E-state index contributed by atoms with van der Waals surface area (Å²) >= 11 is 0. The zero-order valence-electron chi connectivity index (χ0n) is 16.2. The zero-order chi connectivity index (χ0) is 17.2. The molecule has 0 aromatic carbocycles. The molecule has 5 atom stereocenters. The monoisotopic (exact) mass is 332 g/mol. The predicted octanol–water partition coefficient (Wildman–Crippen LogP) is 5.74. The second-order valence-electron chi connectivity index (χ2n) is 10.6. The molecule has 4 saturated carbocycles. The van der Waals surface area contributed by atoms with E-state index < -0.39 is 0 Å². The Kier molecular flexibility index (Phi) is 3.86. The highest BCUT2D eigenvalue weighted by atomic mass is 16.5. The summed E-state index contributed by atoms with van der Waals surface area (Å²) in [6.07, 6.45) is 12.4. The van der Waals surface area contributed by atoms with Gasteiger partial charge in [0, 0.05) is 10.8 Å². The van der Waals surface area contributed by atoms with Crippen LogP contribution in [0, 0.1) is 34.0 Å². The molecule has 4 bridgehead atoms. The lowest BCUT2D eigenvalue weighted by molar-refractivity contribution is -0.174. The van der Waals surface area contributed by atoms with Crippen molar-refractivity contribution in [3.05, 3.63) is 0 Å². The molecule has 0 aliphatic heterocycles. The molecule has 4 fully saturated rings. The molecule has 24 heavy (non-hydrogen) atoms. The molecule has 0 N–H and O–H groups in total. The van der Waals surface area contributed by atoms with Crippen LogP contribution in [0.15, 0.2) is 0 Å². The number of carbonyl (C=O) groups is 1. The number of hydrogen-bond acceptors (Lipinski definition) is 2. The average Bonchev–Trinajstić information content (AvgIpc) is 2.95. The largest absolute Gasteiger partial charge is 0.461 e. The highest BCUT2D eigenvalue weighted by Gasteiger charge is 2.72. The van der Waals surface area contributed by atoms with E-state index in [1.54, 1.807) is 0 Å². The summed E-state index contributed by atoms with van der Waals surface area (Å²) in [4.78, 5) is 12.9. The van der Waals surface area contributed by atoms with Gasteiger partial charge < -0.3 is 4.74 Å². The lowest BCUT2D eigenvalue weighted by Crippen LogP contribution is -2.47. The highest BCUT2D eigenvalue weighted by Crippen LogP contribution is 2.74. The minimum Gasteiger partial charge on any atom is -0.461 e. The first kappa shape index (κ1) is 16.9. The molecule has 0 aromatic heterocycles. The van der Waals surface area contributed by atoms with Crippen molar-refractivity contribution < 1.29 is 9.53 Å². The van der Waals surface area contributed by atoms with Gasteiger partial charge in [0.25, 0.3) is 0 Å². The van der Waals surface area contributed by atoms with Crippen molar-refractivity contribution in [1.82, 2.24) is 0 Å². The van der Waals surface area contributed by atoms with Gasteiger partial charge in [-0.1, -0.05) is 53.4 Å². The summed E-state index contributed by atoms with van der Waals surface area (Å²) in [5, 5.41) is 0. The molecule has 0 saturated heterocycles. The Labute approximate surface area is 148 Å².